The molecule has 0 amide bonds. The van der Waals surface area contributed by atoms with Crippen LogP contribution in [0.1, 0.15) is 12.8 Å². The molecule has 3 heterocycles. The molecule has 1 fully saturated rings. The molecular formula is C14H20N4O2S. The van der Waals surface area contributed by atoms with Gasteiger partial charge in [-0.2, -0.15) is 4.98 Å². The maximum atomic E-state index is 8.82. The van der Waals surface area contributed by atoms with E-state index in [4.69, 9.17) is 9.84 Å². The zero-order valence-electron chi connectivity index (χ0n) is 12.1. The largest absolute Gasteiger partial charge is 0.394 e. The average molecular weight is 308 g/mol. The number of hydrogen-bond acceptors (Lipinski definition) is 7. The molecule has 0 spiro atoms. The van der Waals surface area contributed by atoms with Crippen LogP contribution in [0.25, 0.3) is 10.2 Å². The first kappa shape index (κ1) is 14.5. The van der Waals surface area contributed by atoms with E-state index in [0.717, 1.165) is 42.0 Å². The molecule has 0 aliphatic carbocycles. The van der Waals surface area contributed by atoms with Gasteiger partial charge < -0.3 is 20.1 Å². The van der Waals surface area contributed by atoms with Crippen molar-refractivity contribution in [2.24, 2.45) is 0 Å². The first-order valence-electron chi connectivity index (χ1n) is 7.22. The summed E-state index contributed by atoms with van der Waals surface area (Å²) in [5.41, 5.74) is 0. The van der Waals surface area contributed by atoms with Gasteiger partial charge in [0.1, 0.15) is 10.6 Å². The van der Waals surface area contributed by atoms with Crippen LogP contribution >= 0.6 is 11.3 Å². The molecule has 2 aromatic heterocycles. The van der Waals surface area contributed by atoms with Crippen LogP contribution in [-0.4, -0.2) is 54.5 Å². The SMILES string of the molecule is CNc1nc(N2CCC(OCCO)CC2)c2ccsc2n1. The smallest absolute Gasteiger partial charge is 0.225 e. The van der Waals surface area contributed by atoms with Crippen molar-refractivity contribution in [2.45, 2.75) is 18.9 Å². The predicted molar refractivity (Wildman–Crippen MR) is 85.2 cm³/mol. The molecule has 0 saturated carbocycles. The van der Waals surface area contributed by atoms with Crippen molar-refractivity contribution >= 4 is 33.3 Å². The quantitative estimate of drug-likeness (QED) is 0.876. The third-order valence-corrected chi connectivity index (χ3v) is 4.52. The summed E-state index contributed by atoms with van der Waals surface area (Å²) in [5, 5.41) is 15.0. The van der Waals surface area contributed by atoms with Gasteiger partial charge in [0, 0.05) is 20.1 Å². The third-order valence-electron chi connectivity index (χ3n) is 3.71. The fourth-order valence-corrected chi connectivity index (χ4v) is 3.40. The van der Waals surface area contributed by atoms with Gasteiger partial charge in [-0.3, -0.25) is 0 Å². The van der Waals surface area contributed by atoms with Gasteiger partial charge in [0.05, 0.1) is 24.7 Å². The Morgan fingerprint density at radius 1 is 1.43 bits per heavy atom. The van der Waals surface area contributed by atoms with Crippen LogP contribution in [0.5, 0.6) is 0 Å². The molecule has 7 heteroatoms. The van der Waals surface area contributed by atoms with Crippen molar-refractivity contribution in [1.29, 1.82) is 0 Å². The van der Waals surface area contributed by atoms with E-state index in [0.29, 0.717) is 12.6 Å². The van der Waals surface area contributed by atoms with Crippen LogP contribution in [0.3, 0.4) is 0 Å². The summed E-state index contributed by atoms with van der Waals surface area (Å²) >= 11 is 1.64. The molecule has 2 N–H and O–H groups in total. The lowest BCUT2D eigenvalue weighted by Gasteiger charge is -2.33. The van der Waals surface area contributed by atoms with Gasteiger partial charge in [0.2, 0.25) is 5.95 Å². The molecule has 0 unspecified atom stereocenters. The minimum Gasteiger partial charge on any atom is -0.394 e. The highest BCUT2D eigenvalue weighted by Crippen LogP contribution is 2.31. The van der Waals surface area contributed by atoms with Gasteiger partial charge >= 0.3 is 0 Å². The Hall–Kier alpha value is -1.44. The summed E-state index contributed by atoms with van der Waals surface area (Å²) in [4.78, 5) is 12.4. The number of aliphatic hydroxyl groups is 1. The fourth-order valence-electron chi connectivity index (χ4n) is 2.65. The second-order valence-electron chi connectivity index (χ2n) is 5.04. The molecule has 3 rings (SSSR count). The molecule has 21 heavy (non-hydrogen) atoms. The summed E-state index contributed by atoms with van der Waals surface area (Å²) in [6.07, 6.45) is 2.17. The van der Waals surface area contributed by atoms with E-state index in [-0.39, 0.29) is 12.7 Å². The van der Waals surface area contributed by atoms with Crippen LogP contribution in [0.15, 0.2) is 11.4 Å². The van der Waals surface area contributed by atoms with E-state index in [9.17, 15) is 0 Å². The zero-order valence-corrected chi connectivity index (χ0v) is 12.9. The van der Waals surface area contributed by atoms with Crippen molar-refractivity contribution in [3.05, 3.63) is 11.4 Å². The van der Waals surface area contributed by atoms with Crippen molar-refractivity contribution in [3.63, 3.8) is 0 Å². The summed E-state index contributed by atoms with van der Waals surface area (Å²) in [7, 11) is 1.84. The van der Waals surface area contributed by atoms with E-state index in [2.05, 4.69) is 31.6 Å². The lowest BCUT2D eigenvalue weighted by Crippen LogP contribution is -2.38. The van der Waals surface area contributed by atoms with E-state index in [1.807, 2.05) is 7.05 Å². The van der Waals surface area contributed by atoms with Gasteiger partial charge in [-0.05, 0) is 24.3 Å². The first-order valence-corrected chi connectivity index (χ1v) is 8.10. The van der Waals surface area contributed by atoms with Gasteiger partial charge in [-0.1, -0.05) is 0 Å². The lowest BCUT2D eigenvalue weighted by atomic mass is 10.1. The van der Waals surface area contributed by atoms with Crippen molar-refractivity contribution in [2.75, 3.05) is 43.6 Å². The van der Waals surface area contributed by atoms with Gasteiger partial charge in [0.15, 0.2) is 0 Å². The van der Waals surface area contributed by atoms with E-state index in [1.54, 1.807) is 11.3 Å². The molecule has 0 bridgehead atoms. The Labute approximate surface area is 127 Å². The zero-order chi connectivity index (χ0) is 14.7. The van der Waals surface area contributed by atoms with Crippen LogP contribution in [0.2, 0.25) is 0 Å². The predicted octanol–water partition coefficient (Wildman–Crippen LogP) is 1.71. The Bertz CT molecular complexity index is 596. The van der Waals surface area contributed by atoms with Gasteiger partial charge in [-0.15, -0.1) is 11.3 Å². The highest BCUT2D eigenvalue weighted by Gasteiger charge is 2.23. The van der Waals surface area contributed by atoms with Crippen molar-refractivity contribution in [1.82, 2.24) is 9.97 Å². The Morgan fingerprint density at radius 3 is 2.95 bits per heavy atom. The second-order valence-corrected chi connectivity index (χ2v) is 5.94. The highest BCUT2D eigenvalue weighted by molar-refractivity contribution is 7.16. The molecule has 114 valence electrons. The number of nitrogens with zero attached hydrogens (tertiary/aromatic N) is 3. The topological polar surface area (TPSA) is 70.5 Å². The maximum Gasteiger partial charge on any atom is 0.225 e. The highest BCUT2D eigenvalue weighted by atomic mass is 32.1. The summed E-state index contributed by atoms with van der Waals surface area (Å²) in [6.45, 7) is 2.35. The van der Waals surface area contributed by atoms with Crippen LogP contribution in [0, 0.1) is 0 Å². The molecule has 1 aliphatic heterocycles. The first-order chi connectivity index (χ1) is 10.3. The Morgan fingerprint density at radius 2 is 2.24 bits per heavy atom. The van der Waals surface area contributed by atoms with Gasteiger partial charge in [0.25, 0.3) is 0 Å². The molecule has 0 atom stereocenters. The maximum absolute atomic E-state index is 8.82. The van der Waals surface area contributed by atoms with Crippen LogP contribution < -0.4 is 10.2 Å². The molecule has 0 aromatic carbocycles. The summed E-state index contributed by atoms with van der Waals surface area (Å²) < 4.78 is 5.61. The number of anilines is 2. The molecule has 1 aliphatic rings. The van der Waals surface area contributed by atoms with E-state index >= 15 is 0 Å². The number of ether oxygens (including phenoxy) is 1. The number of hydrogen-bond donors (Lipinski definition) is 2. The Kier molecular flexibility index (Phi) is 4.52. The average Bonchev–Trinajstić information content (AvgIpc) is 3.01. The number of fused-ring (bicyclic) bond motifs is 1. The number of rotatable bonds is 5. The van der Waals surface area contributed by atoms with E-state index in [1.165, 1.54) is 0 Å². The minimum absolute atomic E-state index is 0.0905. The standard InChI is InChI=1S/C14H20N4O2S/c1-15-14-16-12(11-4-9-21-13(11)17-14)18-5-2-10(3-6-18)20-8-7-19/h4,9-10,19H,2-3,5-8H2,1H3,(H,15,16,17). The molecular weight excluding hydrogens is 288 g/mol. The molecule has 2 aromatic rings. The third kappa shape index (κ3) is 3.09. The number of aromatic nitrogens is 2. The molecule has 0 radical (unpaired) electrons. The van der Waals surface area contributed by atoms with Gasteiger partial charge in [-0.25, -0.2) is 4.98 Å². The number of thiophene rings is 1. The lowest BCUT2D eigenvalue weighted by molar-refractivity contribution is 0.0158. The second kappa shape index (κ2) is 6.55. The minimum atomic E-state index is 0.0905. The Balaban J connectivity index is 1.77. The monoisotopic (exact) mass is 308 g/mol. The van der Waals surface area contributed by atoms with Crippen molar-refractivity contribution < 1.29 is 9.84 Å². The van der Waals surface area contributed by atoms with E-state index < -0.39 is 0 Å². The summed E-state index contributed by atoms with van der Waals surface area (Å²) in [6, 6.07) is 2.09. The number of nitrogens with one attached hydrogen (secondary N) is 1. The van der Waals surface area contributed by atoms with Crippen LogP contribution in [0.4, 0.5) is 11.8 Å². The molecule has 6 nitrogen and oxygen atoms in total. The van der Waals surface area contributed by atoms with Crippen LogP contribution in [-0.2, 0) is 4.74 Å². The normalized spacial score (nSPS) is 16.6. The summed E-state index contributed by atoms with van der Waals surface area (Å²) in [5.74, 6) is 1.67. The van der Waals surface area contributed by atoms with Crippen molar-refractivity contribution in [3.8, 4) is 0 Å². The number of piperidine rings is 1. The fraction of sp³-hybridized carbons (Fsp3) is 0.571. The number of aliphatic hydroxyl groups excluding tert-OH is 1. The molecule has 1 saturated heterocycles.